The van der Waals surface area contributed by atoms with E-state index < -0.39 is 0 Å². The third kappa shape index (κ3) is 4.23. The van der Waals surface area contributed by atoms with Crippen molar-refractivity contribution in [1.82, 2.24) is 9.55 Å². The summed E-state index contributed by atoms with van der Waals surface area (Å²) in [6, 6.07) is 22.0. The first kappa shape index (κ1) is 22.0. The Balaban J connectivity index is 1.41. The highest BCUT2D eigenvalue weighted by Crippen LogP contribution is 2.37. The molecule has 0 N–H and O–H groups in total. The van der Waals surface area contributed by atoms with Gasteiger partial charge in [-0.1, -0.05) is 30.3 Å². The topological polar surface area (TPSA) is 56.6 Å². The van der Waals surface area contributed by atoms with Crippen LogP contribution >= 0.6 is 0 Å². The first-order valence-electron chi connectivity index (χ1n) is 11.6. The zero-order chi connectivity index (χ0) is 23.7. The van der Waals surface area contributed by atoms with Gasteiger partial charge in [-0.2, -0.15) is 0 Å². The van der Waals surface area contributed by atoms with Crippen molar-refractivity contribution in [2.24, 2.45) is 0 Å². The van der Waals surface area contributed by atoms with Gasteiger partial charge in [0, 0.05) is 18.9 Å². The third-order valence-electron chi connectivity index (χ3n) is 6.33. The third-order valence-corrected chi connectivity index (χ3v) is 6.33. The van der Waals surface area contributed by atoms with Crippen molar-refractivity contribution in [3.63, 3.8) is 0 Å². The number of rotatable bonds is 7. The van der Waals surface area contributed by atoms with Gasteiger partial charge in [0.25, 0.3) is 0 Å². The van der Waals surface area contributed by atoms with E-state index >= 15 is 0 Å². The molecule has 1 atom stereocenters. The summed E-state index contributed by atoms with van der Waals surface area (Å²) in [6.45, 7) is 5.90. The lowest BCUT2D eigenvalue weighted by Gasteiger charge is -2.20. The van der Waals surface area contributed by atoms with E-state index in [1.807, 2.05) is 47.4 Å². The molecule has 2 heterocycles. The number of ether oxygens (including phenoxy) is 2. The molecule has 6 nitrogen and oxygen atoms in total. The van der Waals surface area contributed by atoms with Gasteiger partial charge in [0.1, 0.15) is 23.9 Å². The monoisotopic (exact) mass is 455 g/mol. The van der Waals surface area contributed by atoms with Crippen LogP contribution in [0.15, 0.2) is 66.7 Å². The molecule has 0 spiro atoms. The number of benzene rings is 3. The highest BCUT2D eigenvalue weighted by molar-refractivity contribution is 5.97. The average Bonchev–Trinajstić information content (AvgIpc) is 3.39. The molecule has 0 radical (unpaired) electrons. The van der Waals surface area contributed by atoms with Gasteiger partial charge in [-0.3, -0.25) is 4.79 Å². The number of para-hydroxylation sites is 4. The molecular formula is C28H29N3O3. The summed E-state index contributed by atoms with van der Waals surface area (Å²) in [5, 5.41) is 0. The molecule has 5 rings (SSSR count). The molecule has 1 amide bonds. The van der Waals surface area contributed by atoms with Crippen LogP contribution < -0.4 is 14.4 Å². The van der Waals surface area contributed by atoms with Crippen LogP contribution in [-0.2, 0) is 11.3 Å². The van der Waals surface area contributed by atoms with Crippen LogP contribution in [0.25, 0.3) is 11.0 Å². The molecule has 1 aromatic heterocycles. The summed E-state index contributed by atoms with van der Waals surface area (Å²) in [5.74, 6) is 2.58. The molecule has 1 fully saturated rings. The second kappa shape index (κ2) is 9.21. The zero-order valence-corrected chi connectivity index (χ0v) is 19.8. The standard InChI is InChI=1S/C28H29N3O3/c1-19-14-20(2)16-22(15-19)34-13-12-30-24-9-5-4-8-23(24)29-28(30)21-17-27(32)31(18-21)25-10-6-7-11-26(25)33-3/h4-11,14-16,21H,12-13,17-18H2,1-3H3/t21-/m0/s1. The number of imidazole rings is 1. The fraction of sp³-hybridized carbons (Fsp3) is 0.286. The lowest BCUT2D eigenvalue weighted by atomic mass is 10.1. The van der Waals surface area contributed by atoms with Crippen molar-refractivity contribution in [3.8, 4) is 11.5 Å². The fourth-order valence-electron chi connectivity index (χ4n) is 4.88. The molecule has 174 valence electrons. The van der Waals surface area contributed by atoms with Crippen molar-refractivity contribution < 1.29 is 14.3 Å². The highest BCUT2D eigenvalue weighted by Gasteiger charge is 2.35. The Bertz CT molecular complexity index is 1320. The van der Waals surface area contributed by atoms with Crippen LogP contribution in [0.4, 0.5) is 5.69 Å². The predicted molar refractivity (Wildman–Crippen MR) is 134 cm³/mol. The number of amides is 1. The number of nitrogens with zero attached hydrogens (tertiary/aromatic N) is 3. The number of hydrogen-bond acceptors (Lipinski definition) is 4. The minimum atomic E-state index is -0.00831. The maximum absolute atomic E-state index is 13.0. The number of aromatic nitrogens is 2. The minimum Gasteiger partial charge on any atom is -0.495 e. The Hall–Kier alpha value is -3.80. The molecular weight excluding hydrogens is 426 g/mol. The van der Waals surface area contributed by atoms with Gasteiger partial charge >= 0.3 is 0 Å². The lowest BCUT2D eigenvalue weighted by Crippen LogP contribution is -2.25. The molecule has 1 aliphatic heterocycles. The normalized spacial score (nSPS) is 15.8. The number of anilines is 1. The smallest absolute Gasteiger partial charge is 0.227 e. The summed E-state index contributed by atoms with van der Waals surface area (Å²) >= 11 is 0. The SMILES string of the molecule is COc1ccccc1N1C[C@@H](c2nc3ccccc3n2CCOc2cc(C)cc(C)c2)CC1=O. The maximum atomic E-state index is 13.0. The predicted octanol–water partition coefficient (Wildman–Crippen LogP) is 5.26. The minimum absolute atomic E-state index is 0.00831. The summed E-state index contributed by atoms with van der Waals surface area (Å²) in [5.41, 5.74) is 5.17. The van der Waals surface area contributed by atoms with E-state index in [4.69, 9.17) is 14.5 Å². The van der Waals surface area contributed by atoms with Crippen molar-refractivity contribution in [2.45, 2.75) is 32.7 Å². The number of fused-ring (bicyclic) bond motifs is 1. The van der Waals surface area contributed by atoms with Crippen LogP contribution in [-0.4, -0.2) is 35.7 Å². The molecule has 34 heavy (non-hydrogen) atoms. The molecule has 1 aliphatic rings. The zero-order valence-electron chi connectivity index (χ0n) is 19.8. The molecule has 0 saturated carbocycles. The Morgan fingerprint density at radius 3 is 2.53 bits per heavy atom. The number of hydrogen-bond donors (Lipinski definition) is 0. The first-order valence-corrected chi connectivity index (χ1v) is 11.6. The highest BCUT2D eigenvalue weighted by atomic mass is 16.5. The van der Waals surface area contributed by atoms with Gasteiger partial charge < -0.3 is 18.9 Å². The first-order chi connectivity index (χ1) is 16.5. The molecule has 6 heteroatoms. The van der Waals surface area contributed by atoms with E-state index in [0.717, 1.165) is 28.3 Å². The molecule has 0 unspecified atom stereocenters. The Morgan fingerprint density at radius 2 is 1.74 bits per heavy atom. The number of carbonyl (C=O) groups excluding carboxylic acids is 1. The number of methoxy groups -OCH3 is 1. The summed E-state index contributed by atoms with van der Waals surface area (Å²) in [6.07, 6.45) is 0.416. The van der Waals surface area contributed by atoms with Crippen molar-refractivity contribution >= 4 is 22.6 Å². The summed E-state index contributed by atoms with van der Waals surface area (Å²) in [4.78, 5) is 19.8. The lowest BCUT2D eigenvalue weighted by molar-refractivity contribution is -0.117. The van der Waals surface area contributed by atoms with E-state index in [1.54, 1.807) is 7.11 Å². The van der Waals surface area contributed by atoms with Gasteiger partial charge in [0.05, 0.1) is 30.4 Å². The quantitative estimate of drug-likeness (QED) is 0.381. The van der Waals surface area contributed by atoms with Crippen molar-refractivity contribution in [1.29, 1.82) is 0 Å². The number of aryl methyl sites for hydroxylation is 2. The summed E-state index contributed by atoms with van der Waals surface area (Å²) < 4.78 is 13.8. The van der Waals surface area contributed by atoms with Crippen molar-refractivity contribution in [2.75, 3.05) is 25.2 Å². The molecule has 0 bridgehead atoms. The second-order valence-electron chi connectivity index (χ2n) is 8.86. The van der Waals surface area contributed by atoms with E-state index in [2.05, 4.69) is 42.7 Å². The molecule has 1 saturated heterocycles. The molecule has 4 aromatic rings. The van der Waals surface area contributed by atoms with Gasteiger partial charge in [-0.25, -0.2) is 4.98 Å². The maximum Gasteiger partial charge on any atom is 0.227 e. The van der Waals surface area contributed by atoms with Crippen LogP contribution in [0.3, 0.4) is 0 Å². The molecule has 3 aromatic carbocycles. The summed E-state index contributed by atoms with van der Waals surface area (Å²) in [7, 11) is 1.63. The van der Waals surface area contributed by atoms with Gasteiger partial charge in [0.15, 0.2) is 0 Å². The van der Waals surface area contributed by atoms with Gasteiger partial charge in [0.2, 0.25) is 5.91 Å². The Labute approximate surface area is 199 Å². The van der Waals surface area contributed by atoms with E-state index in [-0.39, 0.29) is 11.8 Å². The van der Waals surface area contributed by atoms with E-state index in [1.165, 1.54) is 11.1 Å². The molecule has 0 aliphatic carbocycles. The van der Waals surface area contributed by atoms with E-state index in [0.29, 0.717) is 31.9 Å². The van der Waals surface area contributed by atoms with Crippen molar-refractivity contribution in [3.05, 3.63) is 83.7 Å². The van der Waals surface area contributed by atoms with Crippen LogP contribution in [0, 0.1) is 13.8 Å². The van der Waals surface area contributed by atoms with E-state index in [9.17, 15) is 4.79 Å². The second-order valence-corrected chi connectivity index (χ2v) is 8.86. The van der Waals surface area contributed by atoms with Crippen LogP contribution in [0.5, 0.6) is 11.5 Å². The average molecular weight is 456 g/mol. The van der Waals surface area contributed by atoms with Gasteiger partial charge in [-0.15, -0.1) is 0 Å². The fourth-order valence-corrected chi connectivity index (χ4v) is 4.88. The largest absolute Gasteiger partial charge is 0.495 e. The number of carbonyl (C=O) groups is 1. The Morgan fingerprint density at radius 1 is 1.00 bits per heavy atom. The Kier molecular flexibility index (Phi) is 5.97. The van der Waals surface area contributed by atoms with Crippen LogP contribution in [0.1, 0.15) is 29.3 Å². The van der Waals surface area contributed by atoms with Gasteiger partial charge in [-0.05, 0) is 61.4 Å². The van der Waals surface area contributed by atoms with Crippen LogP contribution in [0.2, 0.25) is 0 Å².